The van der Waals surface area contributed by atoms with Crippen LogP contribution in [0.4, 0.5) is 11.6 Å². The zero-order chi connectivity index (χ0) is 19.6. The average Bonchev–Trinajstić information content (AvgIpc) is 2.97. The van der Waals surface area contributed by atoms with Crippen LogP contribution in [0.3, 0.4) is 0 Å². The lowest BCUT2D eigenvalue weighted by Crippen LogP contribution is -2.05. The largest absolute Gasteiger partial charge is 0.495 e. The number of hydrogen-bond donors (Lipinski definition) is 1. The molecule has 3 rings (SSSR count). The number of benzene rings is 1. The summed E-state index contributed by atoms with van der Waals surface area (Å²) in [5.74, 6) is 1.94. The van der Waals surface area contributed by atoms with Crippen molar-refractivity contribution in [3.63, 3.8) is 0 Å². The summed E-state index contributed by atoms with van der Waals surface area (Å²) in [5, 5.41) is 4.08. The summed E-state index contributed by atoms with van der Waals surface area (Å²) < 4.78 is 7.62. The third-order valence-corrected chi connectivity index (χ3v) is 5.31. The second-order valence-corrected chi connectivity index (χ2v) is 7.35. The number of hydrogen-bond acceptors (Lipinski definition) is 4. The highest BCUT2D eigenvalue weighted by Gasteiger charge is 2.19. The van der Waals surface area contributed by atoms with Gasteiger partial charge in [-0.3, -0.25) is 4.98 Å². The molecule has 1 unspecified atom stereocenters. The number of nitrogens with one attached hydrogen (secondary N) is 1. The molecular weight excluding hydrogens is 360 g/mol. The lowest BCUT2D eigenvalue weighted by molar-refractivity contribution is 0.416. The maximum Gasteiger partial charge on any atom is 0.208 e. The maximum absolute atomic E-state index is 6.16. The highest BCUT2D eigenvalue weighted by molar-refractivity contribution is 6.31. The number of aromatic nitrogens is 3. The monoisotopic (exact) mass is 386 g/mol. The van der Waals surface area contributed by atoms with E-state index in [1.807, 2.05) is 32.4 Å². The number of nitrogens with zero attached hydrogens (tertiary/aromatic N) is 3. The van der Waals surface area contributed by atoms with Crippen LogP contribution in [0.5, 0.6) is 5.75 Å². The van der Waals surface area contributed by atoms with E-state index in [1.165, 1.54) is 5.56 Å². The first-order valence-electron chi connectivity index (χ1n) is 9.41. The van der Waals surface area contributed by atoms with Crippen molar-refractivity contribution in [2.45, 2.75) is 46.0 Å². The van der Waals surface area contributed by atoms with E-state index < -0.39 is 0 Å². The van der Waals surface area contributed by atoms with Crippen LogP contribution in [0.25, 0.3) is 11.0 Å². The molecule has 0 fully saturated rings. The second-order valence-electron chi connectivity index (χ2n) is 6.91. The van der Waals surface area contributed by atoms with E-state index in [4.69, 9.17) is 21.3 Å². The van der Waals surface area contributed by atoms with E-state index in [0.717, 1.165) is 47.5 Å². The van der Waals surface area contributed by atoms with Crippen LogP contribution in [-0.4, -0.2) is 21.6 Å². The molecule has 2 heterocycles. The van der Waals surface area contributed by atoms with Gasteiger partial charge in [0.25, 0.3) is 0 Å². The molecule has 2 aromatic heterocycles. The van der Waals surface area contributed by atoms with Crippen LogP contribution in [0.1, 0.15) is 50.2 Å². The number of methoxy groups -OCH3 is 1. The first-order chi connectivity index (χ1) is 13.0. The Kier molecular flexibility index (Phi) is 5.90. The summed E-state index contributed by atoms with van der Waals surface area (Å²) in [7, 11) is 3.68. The topological polar surface area (TPSA) is 52.0 Å². The van der Waals surface area contributed by atoms with Crippen molar-refractivity contribution in [1.82, 2.24) is 14.5 Å². The lowest BCUT2D eigenvalue weighted by Gasteiger charge is -2.17. The standard InChI is InChI=1S/C21H27ClN4O/c1-6-8-14(7-2)16-11-23-12-17-20(16)26(4)21(24-17)25-19-13(3)9-15(22)10-18(19)27-5/h9-12,14H,6-8H2,1-5H3,(H,24,25). The normalized spacial score (nSPS) is 12.4. The molecule has 1 atom stereocenters. The fourth-order valence-corrected chi connectivity index (χ4v) is 3.95. The molecule has 6 heteroatoms. The minimum Gasteiger partial charge on any atom is -0.495 e. The summed E-state index contributed by atoms with van der Waals surface area (Å²) in [6.45, 7) is 6.46. The summed E-state index contributed by atoms with van der Waals surface area (Å²) in [4.78, 5) is 9.23. The Labute approximate surface area is 165 Å². The molecule has 144 valence electrons. The van der Waals surface area contributed by atoms with Gasteiger partial charge in [0.15, 0.2) is 0 Å². The Bertz CT molecular complexity index is 951. The molecule has 0 spiro atoms. The first kappa shape index (κ1) is 19.5. The molecule has 27 heavy (non-hydrogen) atoms. The van der Waals surface area contributed by atoms with Gasteiger partial charge in [0, 0.05) is 24.3 Å². The fraction of sp³-hybridized carbons (Fsp3) is 0.429. The number of pyridine rings is 1. The smallest absolute Gasteiger partial charge is 0.208 e. The number of anilines is 2. The molecule has 1 N–H and O–H groups in total. The Morgan fingerprint density at radius 2 is 2.04 bits per heavy atom. The summed E-state index contributed by atoms with van der Waals surface area (Å²) >= 11 is 6.16. The van der Waals surface area contributed by atoms with Crippen molar-refractivity contribution in [1.29, 1.82) is 0 Å². The van der Waals surface area contributed by atoms with Crippen LogP contribution in [0.2, 0.25) is 5.02 Å². The van der Waals surface area contributed by atoms with Crippen molar-refractivity contribution in [3.05, 3.63) is 40.7 Å². The van der Waals surface area contributed by atoms with Gasteiger partial charge in [0.05, 0.1) is 24.5 Å². The van der Waals surface area contributed by atoms with Crippen LogP contribution in [-0.2, 0) is 7.05 Å². The zero-order valence-corrected chi connectivity index (χ0v) is 17.4. The van der Waals surface area contributed by atoms with Crippen molar-refractivity contribution in [3.8, 4) is 5.75 Å². The van der Waals surface area contributed by atoms with Gasteiger partial charge in [-0.15, -0.1) is 0 Å². The molecule has 0 aliphatic heterocycles. The SMILES string of the molecule is CCCC(CC)c1cncc2nc(Nc3c(C)cc(Cl)cc3OC)n(C)c12. The molecule has 0 saturated carbocycles. The molecule has 1 aromatic carbocycles. The minimum atomic E-state index is 0.487. The molecule has 0 aliphatic rings. The second kappa shape index (κ2) is 8.17. The van der Waals surface area contributed by atoms with Gasteiger partial charge < -0.3 is 14.6 Å². The number of rotatable bonds is 7. The predicted molar refractivity (Wildman–Crippen MR) is 112 cm³/mol. The van der Waals surface area contributed by atoms with Crippen molar-refractivity contribution in [2.24, 2.45) is 7.05 Å². The van der Waals surface area contributed by atoms with Crippen LogP contribution in [0.15, 0.2) is 24.5 Å². The molecule has 0 amide bonds. The van der Waals surface area contributed by atoms with Gasteiger partial charge in [0.2, 0.25) is 5.95 Å². The Hall–Kier alpha value is -2.27. The van der Waals surface area contributed by atoms with E-state index in [1.54, 1.807) is 13.2 Å². The van der Waals surface area contributed by atoms with Crippen LogP contribution in [0, 0.1) is 6.92 Å². The van der Waals surface area contributed by atoms with E-state index in [2.05, 4.69) is 28.7 Å². The Morgan fingerprint density at radius 1 is 1.26 bits per heavy atom. The summed E-state index contributed by atoms with van der Waals surface area (Å²) in [5.41, 5.74) is 5.17. The number of fused-ring (bicyclic) bond motifs is 1. The molecule has 3 aromatic rings. The van der Waals surface area contributed by atoms with Crippen LogP contribution >= 0.6 is 11.6 Å². The van der Waals surface area contributed by atoms with Crippen molar-refractivity contribution >= 4 is 34.3 Å². The van der Waals surface area contributed by atoms with Gasteiger partial charge in [0.1, 0.15) is 11.3 Å². The molecule has 0 bridgehead atoms. The lowest BCUT2D eigenvalue weighted by atomic mass is 9.92. The summed E-state index contributed by atoms with van der Waals surface area (Å²) in [6.07, 6.45) is 7.21. The number of halogens is 1. The van der Waals surface area contributed by atoms with Gasteiger partial charge >= 0.3 is 0 Å². The highest BCUT2D eigenvalue weighted by atomic mass is 35.5. The van der Waals surface area contributed by atoms with E-state index >= 15 is 0 Å². The van der Waals surface area contributed by atoms with Gasteiger partial charge in [-0.25, -0.2) is 4.98 Å². The molecule has 0 radical (unpaired) electrons. The Balaban J connectivity index is 2.09. The molecule has 5 nitrogen and oxygen atoms in total. The first-order valence-corrected chi connectivity index (χ1v) is 9.79. The fourth-order valence-electron chi connectivity index (χ4n) is 3.68. The van der Waals surface area contributed by atoms with Crippen LogP contribution < -0.4 is 10.1 Å². The maximum atomic E-state index is 6.16. The third kappa shape index (κ3) is 3.74. The van der Waals surface area contributed by atoms with Gasteiger partial charge in [-0.05, 0) is 42.9 Å². The summed E-state index contributed by atoms with van der Waals surface area (Å²) in [6, 6.07) is 3.72. The van der Waals surface area contributed by atoms with E-state index in [-0.39, 0.29) is 0 Å². The average molecular weight is 387 g/mol. The van der Waals surface area contributed by atoms with E-state index in [0.29, 0.717) is 16.7 Å². The number of aryl methyl sites for hydroxylation is 2. The zero-order valence-electron chi connectivity index (χ0n) is 16.6. The number of ether oxygens (including phenoxy) is 1. The third-order valence-electron chi connectivity index (χ3n) is 5.10. The van der Waals surface area contributed by atoms with Crippen molar-refractivity contribution in [2.75, 3.05) is 12.4 Å². The molecule has 0 saturated heterocycles. The number of imidazole rings is 1. The van der Waals surface area contributed by atoms with Gasteiger partial charge in [-0.1, -0.05) is 31.9 Å². The molecule has 0 aliphatic carbocycles. The van der Waals surface area contributed by atoms with E-state index in [9.17, 15) is 0 Å². The Morgan fingerprint density at radius 3 is 2.70 bits per heavy atom. The highest BCUT2D eigenvalue weighted by Crippen LogP contribution is 2.36. The van der Waals surface area contributed by atoms with Gasteiger partial charge in [-0.2, -0.15) is 0 Å². The predicted octanol–water partition coefficient (Wildman–Crippen LogP) is 5.98. The molecular formula is C21H27ClN4O. The quantitative estimate of drug-likeness (QED) is 0.543. The minimum absolute atomic E-state index is 0.487. The van der Waals surface area contributed by atoms with Crippen molar-refractivity contribution < 1.29 is 4.74 Å².